The smallest absolute Gasteiger partial charge is 0.328 e. The van der Waals surface area contributed by atoms with Crippen LogP contribution < -0.4 is 0 Å². The van der Waals surface area contributed by atoms with E-state index in [9.17, 15) is 4.79 Å². The van der Waals surface area contributed by atoms with Crippen LogP contribution in [0.25, 0.3) is 0 Å². The summed E-state index contributed by atoms with van der Waals surface area (Å²) >= 11 is 0. The molecule has 0 amide bonds. The van der Waals surface area contributed by atoms with Crippen molar-refractivity contribution in [2.45, 2.75) is 59.8 Å². The maximum atomic E-state index is 10.4. The summed E-state index contributed by atoms with van der Waals surface area (Å²) < 4.78 is 0. The molecule has 0 saturated heterocycles. The second-order valence-electron chi connectivity index (χ2n) is 4.86. The highest BCUT2D eigenvalue weighted by molar-refractivity contribution is 5.80. The zero-order valence-corrected chi connectivity index (χ0v) is 12.1. The molecule has 102 valence electrons. The fourth-order valence-electron chi connectivity index (χ4n) is 1.62. The molecular formula is C16H26O2. The second kappa shape index (κ2) is 9.69. The molecule has 0 aromatic heterocycles. The summed E-state index contributed by atoms with van der Waals surface area (Å²) in [4.78, 5) is 10.4. The average molecular weight is 250 g/mol. The highest BCUT2D eigenvalue weighted by Crippen LogP contribution is 2.11. The van der Waals surface area contributed by atoms with Crippen molar-refractivity contribution in [3.8, 4) is 0 Å². The van der Waals surface area contributed by atoms with Crippen LogP contribution in [0.4, 0.5) is 0 Å². The molecule has 0 saturated carbocycles. The van der Waals surface area contributed by atoms with E-state index in [0.717, 1.165) is 37.7 Å². The fraction of sp³-hybridized carbons (Fsp3) is 0.562. The van der Waals surface area contributed by atoms with Gasteiger partial charge in [-0.15, -0.1) is 0 Å². The van der Waals surface area contributed by atoms with Gasteiger partial charge < -0.3 is 5.11 Å². The van der Waals surface area contributed by atoms with Gasteiger partial charge in [0.25, 0.3) is 0 Å². The molecule has 0 aliphatic rings. The lowest BCUT2D eigenvalue weighted by Gasteiger charge is -2.01. The molecule has 0 aliphatic carbocycles. The van der Waals surface area contributed by atoms with Crippen LogP contribution in [0.5, 0.6) is 0 Å². The molecule has 0 aliphatic heterocycles. The van der Waals surface area contributed by atoms with Crippen molar-refractivity contribution in [2.75, 3.05) is 0 Å². The summed E-state index contributed by atoms with van der Waals surface area (Å²) in [5.41, 5.74) is 3.76. The molecule has 0 bridgehead atoms. The summed E-state index contributed by atoms with van der Waals surface area (Å²) in [7, 11) is 0. The first-order valence-corrected chi connectivity index (χ1v) is 6.67. The SMILES string of the molecule is CCC(C)=CCCC(C)=CCCC(C)=CC(=O)O. The largest absolute Gasteiger partial charge is 0.478 e. The Morgan fingerprint density at radius 1 is 0.944 bits per heavy atom. The first-order valence-electron chi connectivity index (χ1n) is 6.67. The predicted molar refractivity (Wildman–Crippen MR) is 77.7 cm³/mol. The average Bonchev–Trinajstić information content (AvgIpc) is 2.27. The van der Waals surface area contributed by atoms with E-state index in [-0.39, 0.29) is 0 Å². The third-order valence-corrected chi connectivity index (χ3v) is 2.99. The Labute approximate surface area is 111 Å². The van der Waals surface area contributed by atoms with Crippen LogP contribution in [0.15, 0.2) is 34.9 Å². The quantitative estimate of drug-likeness (QED) is 0.492. The third-order valence-electron chi connectivity index (χ3n) is 2.99. The van der Waals surface area contributed by atoms with E-state index in [1.165, 1.54) is 17.2 Å². The molecule has 0 spiro atoms. The zero-order valence-electron chi connectivity index (χ0n) is 12.1. The molecular weight excluding hydrogens is 224 g/mol. The van der Waals surface area contributed by atoms with Crippen molar-refractivity contribution in [1.29, 1.82) is 0 Å². The molecule has 0 atom stereocenters. The number of carboxylic acids is 1. The lowest BCUT2D eigenvalue weighted by molar-refractivity contribution is -0.131. The molecule has 1 N–H and O–H groups in total. The van der Waals surface area contributed by atoms with Crippen molar-refractivity contribution in [3.05, 3.63) is 34.9 Å². The molecule has 0 heterocycles. The van der Waals surface area contributed by atoms with Crippen LogP contribution in [0.1, 0.15) is 59.8 Å². The number of hydrogen-bond acceptors (Lipinski definition) is 1. The molecule has 2 nitrogen and oxygen atoms in total. The Morgan fingerprint density at radius 2 is 1.44 bits per heavy atom. The van der Waals surface area contributed by atoms with Gasteiger partial charge in [0.2, 0.25) is 0 Å². The van der Waals surface area contributed by atoms with Crippen molar-refractivity contribution >= 4 is 5.97 Å². The molecule has 0 aromatic carbocycles. The summed E-state index contributed by atoms with van der Waals surface area (Å²) in [6, 6.07) is 0. The van der Waals surface area contributed by atoms with Crippen LogP contribution >= 0.6 is 0 Å². The van der Waals surface area contributed by atoms with Gasteiger partial charge >= 0.3 is 5.97 Å². The van der Waals surface area contributed by atoms with Gasteiger partial charge in [-0.05, 0) is 52.9 Å². The van der Waals surface area contributed by atoms with Crippen LogP contribution in [0.3, 0.4) is 0 Å². The molecule has 0 unspecified atom stereocenters. The normalized spacial score (nSPS) is 13.9. The van der Waals surface area contributed by atoms with Crippen LogP contribution in [-0.2, 0) is 4.79 Å². The van der Waals surface area contributed by atoms with Gasteiger partial charge in [-0.3, -0.25) is 0 Å². The van der Waals surface area contributed by atoms with E-state index >= 15 is 0 Å². The number of carbonyl (C=O) groups is 1. The highest BCUT2D eigenvalue weighted by Gasteiger charge is 1.94. The maximum Gasteiger partial charge on any atom is 0.328 e. The maximum absolute atomic E-state index is 10.4. The van der Waals surface area contributed by atoms with Gasteiger partial charge in [0.1, 0.15) is 0 Å². The molecule has 2 heteroatoms. The summed E-state index contributed by atoms with van der Waals surface area (Å²) in [6.45, 7) is 8.35. The van der Waals surface area contributed by atoms with Gasteiger partial charge in [-0.25, -0.2) is 4.79 Å². The minimum absolute atomic E-state index is 0.827. The number of allylic oxidation sites excluding steroid dienone is 5. The monoisotopic (exact) mass is 250 g/mol. The van der Waals surface area contributed by atoms with Crippen LogP contribution in [0, 0.1) is 0 Å². The second-order valence-corrected chi connectivity index (χ2v) is 4.86. The first-order chi connectivity index (χ1) is 8.45. The Hall–Kier alpha value is -1.31. The third kappa shape index (κ3) is 9.88. The zero-order chi connectivity index (χ0) is 14.0. The number of hydrogen-bond donors (Lipinski definition) is 1. The van der Waals surface area contributed by atoms with E-state index in [4.69, 9.17) is 5.11 Å². The van der Waals surface area contributed by atoms with Gasteiger partial charge in [-0.2, -0.15) is 0 Å². The van der Waals surface area contributed by atoms with Crippen LogP contribution in [-0.4, -0.2) is 11.1 Å². The number of rotatable bonds is 8. The minimum atomic E-state index is -0.853. The molecule has 0 rings (SSSR count). The van der Waals surface area contributed by atoms with Gasteiger partial charge in [0, 0.05) is 6.08 Å². The molecule has 0 radical (unpaired) electrons. The van der Waals surface area contributed by atoms with Crippen molar-refractivity contribution in [3.63, 3.8) is 0 Å². The predicted octanol–water partition coefficient (Wildman–Crippen LogP) is 4.88. The van der Waals surface area contributed by atoms with E-state index in [0.29, 0.717) is 0 Å². The Balaban J connectivity index is 3.95. The van der Waals surface area contributed by atoms with E-state index in [1.807, 2.05) is 6.92 Å². The lowest BCUT2D eigenvalue weighted by atomic mass is 10.1. The van der Waals surface area contributed by atoms with Crippen molar-refractivity contribution < 1.29 is 9.90 Å². The summed E-state index contributed by atoms with van der Waals surface area (Å²) in [5, 5.41) is 8.59. The van der Waals surface area contributed by atoms with Crippen molar-refractivity contribution in [2.24, 2.45) is 0 Å². The van der Waals surface area contributed by atoms with E-state index in [1.54, 1.807) is 0 Å². The van der Waals surface area contributed by atoms with Gasteiger partial charge in [-0.1, -0.05) is 35.8 Å². The van der Waals surface area contributed by atoms with Gasteiger partial charge in [0.15, 0.2) is 0 Å². The lowest BCUT2D eigenvalue weighted by Crippen LogP contribution is -1.89. The Morgan fingerprint density at radius 3 is 1.94 bits per heavy atom. The number of carboxylic acid groups (broad SMARTS) is 1. The molecule has 0 fully saturated rings. The fourth-order valence-corrected chi connectivity index (χ4v) is 1.62. The standard InChI is InChI=1S/C16H26O2/c1-5-13(2)8-6-9-14(3)10-7-11-15(4)12-16(17)18/h8,10,12H,5-7,9,11H2,1-4H3,(H,17,18). The minimum Gasteiger partial charge on any atom is -0.478 e. The van der Waals surface area contributed by atoms with Crippen molar-refractivity contribution in [1.82, 2.24) is 0 Å². The van der Waals surface area contributed by atoms with E-state index < -0.39 is 5.97 Å². The Bertz CT molecular complexity index is 346. The highest BCUT2D eigenvalue weighted by atomic mass is 16.4. The number of aliphatic carboxylic acids is 1. The van der Waals surface area contributed by atoms with Gasteiger partial charge in [0.05, 0.1) is 0 Å². The Kier molecular flexibility index (Phi) is 8.99. The van der Waals surface area contributed by atoms with E-state index in [2.05, 4.69) is 32.9 Å². The first kappa shape index (κ1) is 16.7. The molecule has 0 aromatic rings. The topological polar surface area (TPSA) is 37.3 Å². The summed E-state index contributed by atoms with van der Waals surface area (Å²) in [5.74, 6) is -0.853. The molecule has 18 heavy (non-hydrogen) atoms. The van der Waals surface area contributed by atoms with Crippen LogP contribution in [0.2, 0.25) is 0 Å². The summed E-state index contributed by atoms with van der Waals surface area (Å²) in [6.07, 6.45) is 10.9.